The van der Waals surface area contributed by atoms with Crippen LogP contribution in [0.5, 0.6) is 0 Å². The van der Waals surface area contributed by atoms with Crippen LogP contribution in [0.2, 0.25) is 0 Å². The topological polar surface area (TPSA) is 56.6 Å². The minimum atomic E-state index is -0.292. The van der Waals surface area contributed by atoms with E-state index in [1.54, 1.807) is 0 Å². The van der Waals surface area contributed by atoms with Crippen molar-refractivity contribution >= 4 is 5.97 Å². The van der Waals surface area contributed by atoms with Crippen LogP contribution in [0.1, 0.15) is 58.9 Å². The number of rotatable bonds is 12. The molecule has 1 aliphatic heterocycles. The van der Waals surface area contributed by atoms with Gasteiger partial charge in [-0.3, -0.25) is 4.90 Å². The van der Waals surface area contributed by atoms with Crippen LogP contribution in [0.4, 0.5) is 0 Å². The van der Waals surface area contributed by atoms with Crippen LogP contribution in [0.15, 0.2) is 72.8 Å². The van der Waals surface area contributed by atoms with Crippen LogP contribution < -0.4 is 0 Å². The number of carbonyl (C=O) groups excluding carboxylic acids is 1. The van der Waals surface area contributed by atoms with Gasteiger partial charge in [-0.05, 0) is 56.7 Å². The highest BCUT2D eigenvalue weighted by atomic mass is 16.5. The number of esters is 1. The van der Waals surface area contributed by atoms with E-state index >= 15 is 0 Å². The van der Waals surface area contributed by atoms with Gasteiger partial charge in [0.2, 0.25) is 0 Å². The summed E-state index contributed by atoms with van der Waals surface area (Å²) in [6, 6.07) is 24.7. The smallest absolute Gasteiger partial charge is 0.339 e. The largest absolute Gasteiger partial charge is 0.446 e. The van der Waals surface area contributed by atoms with Crippen molar-refractivity contribution in [2.75, 3.05) is 26.5 Å². The summed E-state index contributed by atoms with van der Waals surface area (Å²) in [7, 11) is 0. The van der Waals surface area contributed by atoms with Crippen LogP contribution in [0.3, 0.4) is 0 Å². The van der Waals surface area contributed by atoms with Gasteiger partial charge >= 0.3 is 5.97 Å². The third-order valence-electron chi connectivity index (χ3n) is 8.18. The van der Waals surface area contributed by atoms with Crippen molar-refractivity contribution in [1.29, 1.82) is 0 Å². The van der Waals surface area contributed by atoms with Gasteiger partial charge in [-0.25, -0.2) is 9.78 Å². The molecule has 4 aromatic rings. The zero-order chi connectivity index (χ0) is 29.5. The van der Waals surface area contributed by atoms with Gasteiger partial charge in [0.05, 0.1) is 23.6 Å². The number of carbonyl (C=O) groups is 1. The average Bonchev–Trinajstić information content (AvgIpc) is 3.63. The Bertz CT molecular complexity index is 1490. The van der Waals surface area contributed by atoms with E-state index in [0.717, 1.165) is 79.5 Å². The summed E-state index contributed by atoms with van der Waals surface area (Å²) in [6.07, 6.45) is 3.15. The highest BCUT2D eigenvalue weighted by Crippen LogP contribution is 2.33. The number of nitrogens with zero attached hydrogens (tertiary/aromatic N) is 3. The molecule has 5 rings (SSSR count). The zero-order valence-corrected chi connectivity index (χ0v) is 25.4. The summed E-state index contributed by atoms with van der Waals surface area (Å²) >= 11 is 0. The summed E-state index contributed by atoms with van der Waals surface area (Å²) in [5, 5.41) is 0. The number of benzene rings is 3. The standard InChI is InChI=1S/C36H43N3O3/c1-5-6-20-39-33(34(30-17-15-26(2)16-18-30)37-35(39)31-13-9-7-11-27(31)3)23-38(22-29-19-21-41-24-29)25-42-36(40)32-14-10-8-12-28(32)4/h7-18,29H,5-6,19-25H2,1-4H3. The van der Waals surface area contributed by atoms with Crippen LogP contribution >= 0.6 is 0 Å². The minimum absolute atomic E-state index is 0.204. The Hall–Kier alpha value is -3.74. The normalized spacial score (nSPS) is 14.9. The lowest BCUT2D eigenvalue weighted by Gasteiger charge is -2.26. The SMILES string of the molecule is CCCCn1c(-c2ccccc2C)nc(-c2ccc(C)cc2)c1CN(COC(=O)c1ccccc1C)CC1CCOC1. The molecule has 0 bridgehead atoms. The maximum atomic E-state index is 13.1. The third kappa shape index (κ3) is 7.00. The Morgan fingerprint density at radius 3 is 2.43 bits per heavy atom. The van der Waals surface area contributed by atoms with Crippen molar-refractivity contribution in [3.63, 3.8) is 0 Å². The van der Waals surface area contributed by atoms with Gasteiger partial charge in [0.1, 0.15) is 12.6 Å². The molecule has 0 saturated carbocycles. The van der Waals surface area contributed by atoms with Gasteiger partial charge in [-0.15, -0.1) is 0 Å². The number of hydrogen-bond donors (Lipinski definition) is 0. The first kappa shape index (κ1) is 29.7. The number of aromatic nitrogens is 2. The Morgan fingerprint density at radius 2 is 1.74 bits per heavy atom. The second kappa shape index (κ2) is 14.0. The first-order chi connectivity index (χ1) is 20.4. The molecule has 0 aliphatic carbocycles. The van der Waals surface area contributed by atoms with Crippen LogP contribution in [-0.2, 0) is 22.6 Å². The molecule has 220 valence electrons. The van der Waals surface area contributed by atoms with Crippen molar-refractivity contribution in [2.45, 2.75) is 60.0 Å². The highest BCUT2D eigenvalue weighted by Gasteiger charge is 2.26. The van der Waals surface area contributed by atoms with Gasteiger partial charge in [-0.1, -0.05) is 85.6 Å². The summed E-state index contributed by atoms with van der Waals surface area (Å²) in [4.78, 5) is 20.7. The van der Waals surface area contributed by atoms with Crippen LogP contribution in [-0.4, -0.2) is 46.9 Å². The molecule has 6 nitrogen and oxygen atoms in total. The molecule has 42 heavy (non-hydrogen) atoms. The van der Waals surface area contributed by atoms with Gasteiger partial charge in [0, 0.05) is 37.4 Å². The number of ether oxygens (including phenoxy) is 2. The summed E-state index contributed by atoms with van der Waals surface area (Å²) < 4.78 is 14.1. The number of unbranched alkanes of at least 4 members (excludes halogenated alkanes) is 1. The predicted octanol–water partition coefficient (Wildman–Crippen LogP) is 7.60. The Kier molecular flexibility index (Phi) is 9.88. The molecule has 2 heterocycles. The molecule has 0 amide bonds. The molecule has 1 aliphatic rings. The molecule has 6 heteroatoms. The van der Waals surface area contributed by atoms with E-state index < -0.39 is 0 Å². The average molecular weight is 566 g/mol. The molecule has 0 N–H and O–H groups in total. The molecule has 1 atom stereocenters. The fraction of sp³-hybridized carbons (Fsp3) is 0.389. The molecule has 1 unspecified atom stereocenters. The van der Waals surface area contributed by atoms with Gasteiger partial charge in [0.25, 0.3) is 0 Å². The lowest BCUT2D eigenvalue weighted by Crippen LogP contribution is -2.34. The molecule has 0 radical (unpaired) electrons. The maximum absolute atomic E-state index is 13.1. The summed E-state index contributed by atoms with van der Waals surface area (Å²) in [6.45, 7) is 12.4. The lowest BCUT2D eigenvalue weighted by atomic mass is 10.1. The second-order valence-corrected chi connectivity index (χ2v) is 11.5. The van der Waals surface area contributed by atoms with Crippen molar-refractivity contribution < 1.29 is 14.3 Å². The quantitative estimate of drug-likeness (QED) is 0.131. The van der Waals surface area contributed by atoms with Crippen LogP contribution in [0, 0.1) is 26.7 Å². The fourth-order valence-electron chi connectivity index (χ4n) is 5.67. The third-order valence-corrected chi connectivity index (χ3v) is 8.18. The van der Waals surface area contributed by atoms with E-state index in [1.165, 1.54) is 11.1 Å². The lowest BCUT2D eigenvalue weighted by molar-refractivity contribution is 0.0142. The monoisotopic (exact) mass is 565 g/mol. The van der Waals surface area contributed by atoms with E-state index in [9.17, 15) is 4.79 Å². The van der Waals surface area contributed by atoms with Gasteiger partial charge in [0.15, 0.2) is 0 Å². The molecular formula is C36H43N3O3. The first-order valence-electron chi connectivity index (χ1n) is 15.2. The molecule has 1 aromatic heterocycles. The predicted molar refractivity (Wildman–Crippen MR) is 168 cm³/mol. The van der Waals surface area contributed by atoms with Crippen molar-refractivity contribution in [1.82, 2.24) is 14.5 Å². The van der Waals surface area contributed by atoms with Crippen molar-refractivity contribution in [3.05, 3.63) is 101 Å². The highest BCUT2D eigenvalue weighted by molar-refractivity contribution is 5.90. The first-order valence-corrected chi connectivity index (χ1v) is 15.2. The maximum Gasteiger partial charge on any atom is 0.339 e. The van der Waals surface area contributed by atoms with E-state index in [2.05, 4.69) is 78.8 Å². The molecule has 1 fully saturated rings. The van der Waals surface area contributed by atoms with E-state index in [1.807, 2.05) is 31.2 Å². The zero-order valence-electron chi connectivity index (χ0n) is 25.4. The Balaban J connectivity index is 1.54. The summed E-state index contributed by atoms with van der Waals surface area (Å²) in [5.41, 5.74) is 8.33. The second-order valence-electron chi connectivity index (χ2n) is 11.5. The van der Waals surface area contributed by atoms with Gasteiger partial charge in [-0.2, -0.15) is 0 Å². The van der Waals surface area contributed by atoms with Crippen molar-refractivity contribution in [3.8, 4) is 22.6 Å². The van der Waals surface area contributed by atoms with E-state index in [4.69, 9.17) is 14.5 Å². The van der Waals surface area contributed by atoms with E-state index in [-0.39, 0.29) is 12.7 Å². The number of hydrogen-bond acceptors (Lipinski definition) is 5. The summed E-state index contributed by atoms with van der Waals surface area (Å²) in [5.74, 6) is 1.10. The number of imidazole rings is 1. The Morgan fingerprint density at radius 1 is 1.00 bits per heavy atom. The Labute approximate surface area is 250 Å². The molecule has 3 aromatic carbocycles. The van der Waals surface area contributed by atoms with E-state index in [0.29, 0.717) is 18.0 Å². The minimum Gasteiger partial charge on any atom is -0.446 e. The molecule has 0 spiro atoms. The molecule has 1 saturated heterocycles. The number of aryl methyl sites for hydroxylation is 3. The van der Waals surface area contributed by atoms with Gasteiger partial charge < -0.3 is 14.0 Å². The van der Waals surface area contributed by atoms with Crippen molar-refractivity contribution in [2.24, 2.45) is 5.92 Å². The fourth-order valence-corrected chi connectivity index (χ4v) is 5.67. The van der Waals surface area contributed by atoms with Crippen LogP contribution in [0.25, 0.3) is 22.6 Å². The molecular weight excluding hydrogens is 522 g/mol.